The molecule has 0 aromatic carbocycles. The van der Waals surface area contributed by atoms with Crippen LogP contribution in [0.1, 0.15) is 43.8 Å². The smallest absolute Gasteiger partial charge is 0.213 e. The van der Waals surface area contributed by atoms with Crippen molar-refractivity contribution in [3.8, 4) is 0 Å². The van der Waals surface area contributed by atoms with Crippen LogP contribution >= 0.6 is 11.6 Å². The van der Waals surface area contributed by atoms with Gasteiger partial charge in [0.05, 0.1) is 28.0 Å². The summed E-state index contributed by atoms with van der Waals surface area (Å²) in [4.78, 5) is 21.0. The molecule has 5 rings (SSSR count). The van der Waals surface area contributed by atoms with Crippen molar-refractivity contribution in [3.63, 3.8) is 0 Å². The molecule has 32 heavy (non-hydrogen) atoms. The van der Waals surface area contributed by atoms with E-state index >= 15 is 0 Å². The number of hydrogen-bond donors (Lipinski definition) is 2. The lowest BCUT2D eigenvalue weighted by Crippen LogP contribution is -2.49. The second-order valence-electron chi connectivity index (χ2n) is 8.60. The predicted molar refractivity (Wildman–Crippen MR) is 124 cm³/mol. The minimum Gasteiger partial charge on any atom is -0.394 e. The first-order chi connectivity index (χ1) is 15.5. The van der Waals surface area contributed by atoms with Crippen LogP contribution < -0.4 is 10.2 Å². The van der Waals surface area contributed by atoms with E-state index in [1.54, 1.807) is 24.8 Å². The molecule has 0 unspecified atom stereocenters. The highest BCUT2D eigenvalue weighted by Gasteiger charge is 2.38. The summed E-state index contributed by atoms with van der Waals surface area (Å²) in [6.45, 7) is 1.60. The molecule has 3 aromatic rings. The SMILES string of the molecule is C[S@](=O)c1c(NC2(CO)CCC2)nc(N2CCC(c3ncc(Cl)cn3)CC2)n2ccnc12. The second-order valence-corrected chi connectivity index (χ2v) is 10.4. The predicted octanol–water partition coefficient (Wildman–Crippen LogP) is 2.62. The van der Waals surface area contributed by atoms with Crippen LogP contribution in [-0.4, -0.2) is 65.1 Å². The van der Waals surface area contributed by atoms with Gasteiger partial charge in [-0.2, -0.15) is 4.98 Å². The van der Waals surface area contributed by atoms with Crippen LogP contribution in [0.2, 0.25) is 5.02 Å². The third-order valence-electron chi connectivity index (χ3n) is 6.55. The Hall–Kier alpha value is -2.30. The van der Waals surface area contributed by atoms with E-state index in [0.29, 0.717) is 21.4 Å². The van der Waals surface area contributed by atoms with Crippen LogP contribution in [0.4, 0.5) is 11.8 Å². The van der Waals surface area contributed by atoms with Gasteiger partial charge in [0, 0.05) is 50.1 Å². The standard InChI is InChI=1S/C21H26ClN7O2S/c1-32(31)16-18(27-21(13-30)5-2-6-21)26-20(29-10-7-23-19(16)29)28-8-3-14(4-9-28)17-24-11-15(22)12-25-17/h7,10-12,14,27,30H,2-6,8-9,13H2,1H3/t32-/m0/s1. The number of nitrogens with zero attached hydrogens (tertiary/aromatic N) is 6. The molecule has 2 fully saturated rings. The minimum absolute atomic E-state index is 0.0198. The van der Waals surface area contributed by atoms with Gasteiger partial charge in [-0.3, -0.25) is 8.61 Å². The average Bonchev–Trinajstić information content (AvgIpc) is 3.25. The van der Waals surface area contributed by atoms with Crippen molar-refractivity contribution < 1.29 is 9.32 Å². The summed E-state index contributed by atoms with van der Waals surface area (Å²) in [5, 5.41) is 13.9. The number of aliphatic hydroxyl groups is 1. The lowest BCUT2D eigenvalue weighted by molar-refractivity contribution is 0.143. The molecule has 0 bridgehead atoms. The van der Waals surface area contributed by atoms with Gasteiger partial charge in [-0.25, -0.2) is 15.0 Å². The summed E-state index contributed by atoms with van der Waals surface area (Å²) in [6, 6.07) is 0. The van der Waals surface area contributed by atoms with Gasteiger partial charge in [-0.05, 0) is 32.1 Å². The Morgan fingerprint density at radius 1 is 1.25 bits per heavy atom. The lowest BCUT2D eigenvalue weighted by Gasteiger charge is -2.42. The summed E-state index contributed by atoms with van der Waals surface area (Å²) in [6.07, 6.45) is 13.1. The van der Waals surface area contributed by atoms with E-state index in [1.165, 1.54) is 0 Å². The first-order valence-electron chi connectivity index (χ1n) is 10.8. The van der Waals surface area contributed by atoms with Crippen molar-refractivity contribution in [3.05, 3.63) is 35.6 Å². The maximum atomic E-state index is 12.6. The van der Waals surface area contributed by atoms with E-state index in [9.17, 15) is 9.32 Å². The van der Waals surface area contributed by atoms with Gasteiger partial charge in [-0.1, -0.05) is 11.6 Å². The first kappa shape index (κ1) is 21.5. The molecule has 1 saturated heterocycles. The number of aliphatic hydroxyl groups excluding tert-OH is 1. The van der Waals surface area contributed by atoms with Crippen LogP contribution in [0.25, 0.3) is 5.65 Å². The van der Waals surface area contributed by atoms with E-state index in [4.69, 9.17) is 16.6 Å². The highest BCUT2D eigenvalue weighted by molar-refractivity contribution is 7.84. The molecule has 2 N–H and O–H groups in total. The van der Waals surface area contributed by atoms with E-state index < -0.39 is 16.3 Å². The van der Waals surface area contributed by atoms with E-state index in [-0.39, 0.29) is 12.5 Å². The summed E-state index contributed by atoms with van der Waals surface area (Å²) in [5.74, 6) is 2.41. The zero-order valence-corrected chi connectivity index (χ0v) is 19.4. The number of piperidine rings is 1. The van der Waals surface area contributed by atoms with Crippen molar-refractivity contribution >= 4 is 39.8 Å². The molecule has 170 valence electrons. The molecule has 0 spiro atoms. The zero-order valence-electron chi connectivity index (χ0n) is 17.9. The summed E-state index contributed by atoms with van der Waals surface area (Å²) in [5.41, 5.74) is 0.233. The second kappa shape index (κ2) is 8.57. The molecule has 11 heteroatoms. The van der Waals surface area contributed by atoms with Crippen LogP contribution in [0, 0.1) is 0 Å². The van der Waals surface area contributed by atoms with Crippen LogP contribution in [0.15, 0.2) is 29.7 Å². The van der Waals surface area contributed by atoms with Crippen LogP contribution in [0.3, 0.4) is 0 Å². The van der Waals surface area contributed by atoms with E-state index in [1.807, 2.05) is 10.6 Å². The Bertz CT molecular complexity index is 1140. The fourth-order valence-electron chi connectivity index (χ4n) is 4.56. The number of hydrogen-bond acceptors (Lipinski definition) is 8. The molecular weight excluding hydrogens is 450 g/mol. The molecule has 3 aromatic heterocycles. The Morgan fingerprint density at radius 2 is 1.97 bits per heavy atom. The topological polar surface area (TPSA) is 109 Å². The van der Waals surface area contributed by atoms with E-state index in [0.717, 1.165) is 57.0 Å². The highest BCUT2D eigenvalue weighted by Crippen LogP contribution is 2.38. The van der Waals surface area contributed by atoms with E-state index in [2.05, 4.69) is 25.2 Å². The molecule has 1 saturated carbocycles. The average molecular weight is 476 g/mol. The fraction of sp³-hybridized carbons (Fsp3) is 0.524. The molecule has 9 nitrogen and oxygen atoms in total. The molecule has 2 aliphatic rings. The van der Waals surface area contributed by atoms with Gasteiger partial charge in [0.25, 0.3) is 0 Å². The lowest BCUT2D eigenvalue weighted by atomic mass is 9.77. The summed E-state index contributed by atoms with van der Waals surface area (Å²) in [7, 11) is -1.29. The molecule has 4 heterocycles. The van der Waals surface area contributed by atoms with Gasteiger partial charge in [-0.15, -0.1) is 0 Å². The largest absolute Gasteiger partial charge is 0.394 e. The summed E-state index contributed by atoms with van der Waals surface area (Å²) < 4.78 is 14.6. The van der Waals surface area contributed by atoms with Crippen molar-refractivity contribution in [2.24, 2.45) is 0 Å². The molecule has 0 amide bonds. The van der Waals surface area contributed by atoms with Crippen molar-refractivity contribution in [2.75, 3.05) is 36.2 Å². The van der Waals surface area contributed by atoms with Crippen LogP contribution in [-0.2, 0) is 10.8 Å². The molecular formula is C21H26ClN7O2S. The third-order valence-corrected chi connectivity index (χ3v) is 7.70. The molecule has 1 aliphatic carbocycles. The Morgan fingerprint density at radius 3 is 2.56 bits per heavy atom. The Balaban J connectivity index is 1.46. The van der Waals surface area contributed by atoms with Crippen molar-refractivity contribution in [1.82, 2.24) is 24.3 Å². The number of fused-ring (bicyclic) bond motifs is 1. The number of imidazole rings is 1. The van der Waals surface area contributed by atoms with Gasteiger partial charge in [0.1, 0.15) is 10.7 Å². The van der Waals surface area contributed by atoms with Crippen LogP contribution in [0.5, 0.6) is 0 Å². The van der Waals surface area contributed by atoms with Gasteiger partial charge in [0.15, 0.2) is 11.5 Å². The van der Waals surface area contributed by atoms with Gasteiger partial charge in [0.2, 0.25) is 5.95 Å². The number of anilines is 2. The number of halogens is 1. The normalized spacial score (nSPS) is 19.7. The van der Waals surface area contributed by atoms with Crippen molar-refractivity contribution in [1.29, 1.82) is 0 Å². The first-order valence-corrected chi connectivity index (χ1v) is 12.8. The Kier molecular flexibility index (Phi) is 5.77. The number of aromatic nitrogens is 5. The monoisotopic (exact) mass is 475 g/mol. The fourth-order valence-corrected chi connectivity index (χ4v) is 5.44. The van der Waals surface area contributed by atoms with Gasteiger partial charge < -0.3 is 15.3 Å². The zero-order chi connectivity index (χ0) is 22.3. The number of nitrogens with one attached hydrogen (secondary N) is 1. The van der Waals surface area contributed by atoms with Gasteiger partial charge >= 0.3 is 0 Å². The molecule has 0 radical (unpaired) electrons. The van der Waals surface area contributed by atoms with Crippen molar-refractivity contribution in [2.45, 2.75) is 48.5 Å². The molecule has 1 aliphatic heterocycles. The third kappa shape index (κ3) is 3.84. The highest BCUT2D eigenvalue weighted by atomic mass is 35.5. The minimum atomic E-state index is -1.29. The Labute approximate surface area is 193 Å². The maximum absolute atomic E-state index is 12.6. The molecule has 1 atom stereocenters. The maximum Gasteiger partial charge on any atom is 0.213 e. The summed E-state index contributed by atoms with van der Waals surface area (Å²) >= 11 is 5.93. The number of rotatable bonds is 6. The quantitative estimate of drug-likeness (QED) is 0.560.